The number of nitrogens with zero attached hydrogens (tertiary/aromatic N) is 2. The van der Waals surface area contributed by atoms with E-state index in [-0.39, 0.29) is 23.6 Å². The summed E-state index contributed by atoms with van der Waals surface area (Å²) in [5.41, 5.74) is -0.0683. The fourth-order valence-electron chi connectivity index (χ4n) is 4.08. The van der Waals surface area contributed by atoms with Gasteiger partial charge in [0.1, 0.15) is 5.75 Å². The van der Waals surface area contributed by atoms with Gasteiger partial charge in [0, 0.05) is 11.1 Å². The van der Waals surface area contributed by atoms with Crippen LogP contribution in [0, 0.1) is 0 Å². The third-order valence-corrected chi connectivity index (χ3v) is 5.54. The van der Waals surface area contributed by atoms with Crippen molar-refractivity contribution in [3.05, 3.63) is 100 Å². The number of ether oxygens (including phenoxy) is 1. The molecular formula is C24H18N2O4. The van der Waals surface area contributed by atoms with Gasteiger partial charge in [0.15, 0.2) is 17.2 Å². The SMILES string of the molecule is COc1cccc(C(=O)C[C@]2(O)c3ccccc3-n3c2nc2ccccc2c3=O)c1. The molecule has 2 heterocycles. The monoisotopic (exact) mass is 398 g/mol. The molecule has 1 aromatic heterocycles. The van der Waals surface area contributed by atoms with E-state index in [0.717, 1.165) is 0 Å². The summed E-state index contributed by atoms with van der Waals surface area (Å²) in [6.45, 7) is 0. The van der Waals surface area contributed by atoms with Gasteiger partial charge in [0.2, 0.25) is 0 Å². The molecule has 1 N–H and O–H groups in total. The molecule has 148 valence electrons. The fourth-order valence-corrected chi connectivity index (χ4v) is 4.08. The number of aromatic nitrogens is 2. The van der Waals surface area contributed by atoms with Gasteiger partial charge in [-0.3, -0.25) is 14.2 Å². The Hall–Kier alpha value is -3.77. The molecule has 0 radical (unpaired) electrons. The number of methoxy groups -OCH3 is 1. The van der Waals surface area contributed by atoms with Crippen LogP contribution < -0.4 is 10.3 Å². The topological polar surface area (TPSA) is 81.4 Å². The molecule has 0 unspecified atom stereocenters. The number of benzene rings is 3. The minimum Gasteiger partial charge on any atom is -0.497 e. The Kier molecular flexibility index (Phi) is 4.04. The molecule has 1 aliphatic heterocycles. The number of carbonyl (C=O) groups is 1. The zero-order valence-corrected chi connectivity index (χ0v) is 16.2. The van der Waals surface area contributed by atoms with Crippen LogP contribution in [0.25, 0.3) is 16.6 Å². The summed E-state index contributed by atoms with van der Waals surface area (Å²) < 4.78 is 6.62. The first-order chi connectivity index (χ1) is 14.5. The third-order valence-electron chi connectivity index (χ3n) is 5.54. The summed E-state index contributed by atoms with van der Waals surface area (Å²) in [7, 11) is 1.53. The van der Waals surface area contributed by atoms with Crippen LogP contribution in [0.2, 0.25) is 0 Å². The van der Waals surface area contributed by atoms with Crippen LogP contribution >= 0.6 is 0 Å². The number of aliphatic hydroxyl groups is 1. The molecule has 3 aromatic carbocycles. The van der Waals surface area contributed by atoms with E-state index in [0.29, 0.717) is 33.5 Å². The van der Waals surface area contributed by atoms with Crippen molar-refractivity contribution in [2.45, 2.75) is 12.0 Å². The molecule has 0 amide bonds. The first kappa shape index (κ1) is 18.3. The maximum absolute atomic E-state index is 13.2. The van der Waals surface area contributed by atoms with Gasteiger partial charge in [-0.1, -0.05) is 42.5 Å². The minimum atomic E-state index is -1.72. The number of Topliss-reactive ketones (excluding diaryl/α,β-unsaturated/α-hetero) is 1. The molecular weight excluding hydrogens is 380 g/mol. The van der Waals surface area contributed by atoms with Gasteiger partial charge in [-0.15, -0.1) is 0 Å². The van der Waals surface area contributed by atoms with Crippen molar-refractivity contribution in [3.63, 3.8) is 0 Å². The van der Waals surface area contributed by atoms with Crippen molar-refractivity contribution in [2.75, 3.05) is 7.11 Å². The summed E-state index contributed by atoms with van der Waals surface area (Å²) in [4.78, 5) is 30.9. The van der Waals surface area contributed by atoms with Crippen molar-refractivity contribution >= 4 is 16.7 Å². The van der Waals surface area contributed by atoms with E-state index in [9.17, 15) is 14.7 Å². The maximum Gasteiger partial charge on any atom is 0.266 e. The van der Waals surface area contributed by atoms with Gasteiger partial charge in [-0.2, -0.15) is 0 Å². The van der Waals surface area contributed by atoms with Gasteiger partial charge in [0.05, 0.1) is 30.1 Å². The number of hydrogen-bond acceptors (Lipinski definition) is 5. The van der Waals surface area contributed by atoms with Crippen LogP contribution in [-0.4, -0.2) is 27.6 Å². The number of rotatable bonds is 4. The second-order valence-electron chi connectivity index (χ2n) is 7.30. The molecule has 0 saturated carbocycles. The van der Waals surface area contributed by atoms with Crippen LogP contribution in [0.4, 0.5) is 0 Å². The molecule has 0 saturated heterocycles. The lowest BCUT2D eigenvalue weighted by Gasteiger charge is -2.23. The van der Waals surface area contributed by atoms with E-state index in [1.807, 2.05) is 0 Å². The van der Waals surface area contributed by atoms with E-state index in [1.54, 1.807) is 72.8 Å². The predicted octanol–water partition coefficient (Wildman–Crippen LogP) is 3.22. The summed E-state index contributed by atoms with van der Waals surface area (Å²) in [6, 6.07) is 20.8. The van der Waals surface area contributed by atoms with Crippen LogP contribution in [0.5, 0.6) is 5.75 Å². The zero-order chi connectivity index (χ0) is 20.9. The zero-order valence-electron chi connectivity index (χ0n) is 16.2. The van der Waals surface area contributed by atoms with Gasteiger partial charge in [-0.05, 0) is 30.3 Å². The Morgan fingerprint density at radius 2 is 1.83 bits per heavy atom. The molecule has 0 fully saturated rings. The fraction of sp³-hybridized carbons (Fsp3) is 0.125. The molecule has 0 bridgehead atoms. The van der Waals surface area contributed by atoms with Gasteiger partial charge < -0.3 is 9.84 Å². The lowest BCUT2D eigenvalue weighted by Crippen LogP contribution is -2.32. The Morgan fingerprint density at radius 3 is 2.67 bits per heavy atom. The molecule has 6 heteroatoms. The van der Waals surface area contributed by atoms with Crippen LogP contribution in [0.3, 0.4) is 0 Å². The van der Waals surface area contributed by atoms with Crippen LogP contribution in [0.1, 0.15) is 28.2 Å². The van der Waals surface area contributed by atoms with E-state index < -0.39 is 5.60 Å². The molecule has 5 rings (SSSR count). The number of fused-ring (bicyclic) bond motifs is 4. The van der Waals surface area contributed by atoms with E-state index in [2.05, 4.69) is 4.98 Å². The number of ketones is 1. The van der Waals surface area contributed by atoms with Crippen LogP contribution in [0.15, 0.2) is 77.6 Å². The molecule has 0 spiro atoms. The summed E-state index contributed by atoms with van der Waals surface area (Å²) in [5.74, 6) is 0.436. The van der Waals surface area contributed by atoms with Gasteiger partial charge >= 0.3 is 0 Å². The standard InChI is InChI=1S/C24H18N2O4/c1-30-16-8-6-7-15(13-16)21(27)14-24(29)18-10-3-5-12-20(18)26-22(28)17-9-2-4-11-19(17)25-23(24)26/h2-13,29H,14H2,1H3/t24-/m0/s1. The average Bonchev–Trinajstić information content (AvgIpc) is 3.02. The minimum absolute atomic E-state index is 0.156. The second-order valence-corrected chi connectivity index (χ2v) is 7.30. The summed E-state index contributed by atoms with van der Waals surface area (Å²) in [5, 5.41) is 12.2. The highest BCUT2D eigenvalue weighted by molar-refractivity contribution is 5.97. The first-order valence-corrected chi connectivity index (χ1v) is 9.55. The Labute approximate surface area is 172 Å². The molecule has 4 aromatic rings. The van der Waals surface area contributed by atoms with Crippen molar-refractivity contribution < 1.29 is 14.6 Å². The lowest BCUT2D eigenvalue weighted by molar-refractivity contribution is 0.0562. The maximum atomic E-state index is 13.2. The summed E-state index contributed by atoms with van der Waals surface area (Å²) >= 11 is 0. The molecule has 1 atom stereocenters. The van der Waals surface area contributed by atoms with Gasteiger partial charge in [-0.25, -0.2) is 4.98 Å². The van der Waals surface area contributed by atoms with Gasteiger partial charge in [0.25, 0.3) is 5.56 Å². The Balaban J connectivity index is 1.71. The molecule has 30 heavy (non-hydrogen) atoms. The smallest absolute Gasteiger partial charge is 0.266 e. The van der Waals surface area contributed by atoms with Crippen LogP contribution in [-0.2, 0) is 5.60 Å². The number of para-hydroxylation sites is 2. The number of carbonyl (C=O) groups excluding carboxylic acids is 1. The predicted molar refractivity (Wildman–Crippen MR) is 112 cm³/mol. The largest absolute Gasteiger partial charge is 0.497 e. The Bertz CT molecular complexity index is 1380. The first-order valence-electron chi connectivity index (χ1n) is 9.55. The van der Waals surface area contributed by atoms with Crippen molar-refractivity contribution in [2.24, 2.45) is 0 Å². The molecule has 0 aliphatic carbocycles. The summed E-state index contributed by atoms with van der Waals surface area (Å²) in [6.07, 6.45) is -0.248. The molecule has 1 aliphatic rings. The Morgan fingerprint density at radius 1 is 1.07 bits per heavy atom. The third kappa shape index (κ3) is 2.58. The van der Waals surface area contributed by atoms with E-state index >= 15 is 0 Å². The van der Waals surface area contributed by atoms with Crippen molar-refractivity contribution in [3.8, 4) is 11.4 Å². The number of hydrogen-bond donors (Lipinski definition) is 1. The second kappa shape index (κ2) is 6.64. The highest BCUT2D eigenvalue weighted by Gasteiger charge is 2.46. The average molecular weight is 398 g/mol. The van der Waals surface area contributed by atoms with E-state index in [4.69, 9.17) is 4.74 Å². The highest BCUT2D eigenvalue weighted by atomic mass is 16.5. The van der Waals surface area contributed by atoms with Crippen molar-refractivity contribution in [1.29, 1.82) is 0 Å². The normalized spacial score (nSPS) is 16.9. The van der Waals surface area contributed by atoms with Crippen molar-refractivity contribution in [1.82, 2.24) is 9.55 Å². The highest BCUT2D eigenvalue weighted by Crippen LogP contribution is 2.42. The molecule has 6 nitrogen and oxygen atoms in total. The lowest BCUT2D eigenvalue weighted by atomic mass is 9.87. The quantitative estimate of drug-likeness (QED) is 0.534. The van der Waals surface area contributed by atoms with E-state index in [1.165, 1.54) is 11.7 Å².